The second-order valence-electron chi connectivity index (χ2n) is 8.18. The number of methoxy groups -OCH3 is 1. The summed E-state index contributed by atoms with van der Waals surface area (Å²) in [6, 6.07) is 15.8. The number of amides is 1. The van der Waals surface area contributed by atoms with Crippen LogP contribution >= 0.6 is 11.6 Å². The number of carbonyl (C=O) groups excluding carboxylic acids is 1. The summed E-state index contributed by atoms with van der Waals surface area (Å²) in [5, 5.41) is 12.8. The lowest BCUT2D eigenvalue weighted by molar-refractivity contribution is -0.116. The number of pyridine rings is 1. The largest absolute Gasteiger partial charge is 0.497 e. The minimum atomic E-state index is -0.411. The number of hydrogen-bond donors (Lipinski definition) is 1. The molecule has 0 saturated heterocycles. The molecule has 10 heteroatoms. The van der Waals surface area contributed by atoms with Crippen LogP contribution in [0.1, 0.15) is 11.3 Å². The van der Waals surface area contributed by atoms with Crippen LogP contribution in [0, 0.1) is 12.7 Å². The summed E-state index contributed by atoms with van der Waals surface area (Å²) in [7, 11) is 1.63. The molecule has 0 atom stereocenters. The van der Waals surface area contributed by atoms with Gasteiger partial charge in [-0.05, 0) is 48.4 Å². The van der Waals surface area contributed by atoms with E-state index in [-0.39, 0.29) is 19.0 Å². The Morgan fingerprint density at radius 1 is 1.11 bits per heavy atom. The molecule has 3 aromatic heterocycles. The number of nitrogens with one attached hydrogen (secondary N) is 1. The highest BCUT2D eigenvalue weighted by Gasteiger charge is 2.17. The zero-order chi connectivity index (χ0) is 25.2. The van der Waals surface area contributed by atoms with Crippen molar-refractivity contribution in [3.63, 3.8) is 0 Å². The maximum absolute atomic E-state index is 14.1. The van der Waals surface area contributed by atoms with Gasteiger partial charge in [0.1, 0.15) is 18.1 Å². The first-order chi connectivity index (χ1) is 17.4. The quantitative estimate of drug-likeness (QED) is 0.333. The Bertz CT molecular complexity index is 1540. The van der Waals surface area contributed by atoms with E-state index in [4.69, 9.17) is 16.3 Å². The number of anilines is 1. The zero-order valence-electron chi connectivity index (χ0n) is 19.6. The zero-order valence-corrected chi connectivity index (χ0v) is 20.3. The average molecular weight is 505 g/mol. The molecule has 0 spiro atoms. The normalized spacial score (nSPS) is 11.1. The Morgan fingerprint density at radius 2 is 1.92 bits per heavy atom. The summed E-state index contributed by atoms with van der Waals surface area (Å²) in [4.78, 5) is 17.3. The number of ether oxygens (including phenoxy) is 1. The first-order valence-electron chi connectivity index (χ1n) is 11.2. The number of hydrogen-bond acceptors (Lipinski definition) is 5. The van der Waals surface area contributed by atoms with E-state index in [0.29, 0.717) is 22.1 Å². The second kappa shape index (κ2) is 9.79. The van der Waals surface area contributed by atoms with E-state index in [1.165, 1.54) is 10.7 Å². The van der Waals surface area contributed by atoms with Gasteiger partial charge in [-0.25, -0.2) is 14.1 Å². The predicted molar refractivity (Wildman–Crippen MR) is 136 cm³/mol. The van der Waals surface area contributed by atoms with E-state index in [2.05, 4.69) is 20.5 Å². The van der Waals surface area contributed by atoms with Crippen LogP contribution < -0.4 is 10.1 Å². The molecule has 0 aliphatic heterocycles. The fourth-order valence-corrected chi connectivity index (χ4v) is 4.31. The third-order valence-electron chi connectivity index (χ3n) is 5.79. The van der Waals surface area contributed by atoms with Crippen LogP contribution in [0.5, 0.6) is 5.75 Å². The van der Waals surface area contributed by atoms with Crippen molar-refractivity contribution in [1.82, 2.24) is 24.5 Å². The van der Waals surface area contributed by atoms with Crippen LogP contribution in [0.15, 0.2) is 67.0 Å². The Hall–Kier alpha value is -4.24. The number of fused-ring (bicyclic) bond motifs is 1. The number of benzene rings is 2. The molecule has 0 fully saturated rings. The van der Waals surface area contributed by atoms with E-state index in [0.717, 1.165) is 28.0 Å². The van der Waals surface area contributed by atoms with Crippen LogP contribution in [0.2, 0.25) is 5.02 Å². The van der Waals surface area contributed by atoms with Crippen LogP contribution in [0.3, 0.4) is 0 Å². The minimum absolute atomic E-state index is 0.0462. The summed E-state index contributed by atoms with van der Waals surface area (Å²) < 4.78 is 22.4. The van der Waals surface area contributed by atoms with Gasteiger partial charge in [0.05, 0.1) is 19.3 Å². The van der Waals surface area contributed by atoms with Crippen molar-refractivity contribution in [1.29, 1.82) is 0 Å². The molecule has 182 valence electrons. The lowest BCUT2D eigenvalue weighted by Crippen LogP contribution is -2.20. The Morgan fingerprint density at radius 3 is 2.67 bits per heavy atom. The van der Waals surface area contributed by atoms with Crippen LogP contribution in [-0.4, -0.2) is 37.6 Å². The fraction of sp³-hybridized carbons (Fsp3) is 0.154. The highest BCUT2D eigenvalue weighted by atomic mass is 35.5. The van der Waals surface area contributed by atoms with Gasteiger partial charge in [0.25, 0.3) is 0 Å². The van der Waals surface area contributed by atoms with Crippen molar-refractivity contribution >= 4 is 34.4 Å². The Labute approximate surface area is 211 Å². The number of nitrogens with zero attached hydrogens (tertiary/aromatic N) is 5. The fourth-order valence-electron chi connectivity index (χ4n) is 4.08. The van der Waals surface area contributed by atoms with E-state index in [9.17, 15) is 9.18 Å². The van der Waals surface area contributed by atoms with Gasteiger partial charge in [-0.15, -0.1) is 0 Å². The SMILES string of the molecule is COc1ccc(-c2ccnc3c2c(C)nn3CC(=O)Nc2ccn(Cc3c(F)cccc3Cl)n2)cc1. The smallest absolute Gasteiger partial charge is 0.247 e. The molecule has 36 heavy (non-hydrogen) atoms. The van der Waals surface area contributed by atoms with Gasteiger partial charge in [0.15, 0.2) is 11.5 Å². The molecule has 2 aromatic carbocycles. The summed E-state index contributed by atoms with van der Waals surface area (Å²) in [6.45, 7) is 1.98. The summed E-state index contributed by atoms with van der Waals surface area (Å²) in [5.74, 6) is 0.386. The molecule has 0 unspecified atom stereocenters. The molecular formula is C26H22ClFN6O2. The molecule has 0 bridgehead atoms. The molecule has 1 N–H and O–H groups in total. The standard InChI is InChI=1S/C26H22ClFN6O2/c1-16-25-19(17-6-8-18(36-2)9-7-17)10-12-29-26(25)34(31-16)15-24(35)30-23-11-13-33(32-23)14-20-21(27)4-3-5-22(20)28/h3-13H,14-15H2,1-2H3,(H,30,32,35). The topological polar surface area (TPSA) is 86.9 Å². The first kappa shape index (κ1) is 23.5. The number of aryl methyl sites for hydroxylation is 1. The van der Waals surface area contributed by atoms with Gasteiger partial charge < -0.3 is 10.1 Å². The molecule has 0 radical (unpaired) electrons. The van der Waals surface area contributed by atoms with Crippen LogP contribution in [0.25, 0.3) is 22.2 Å². The monoisotopic (exact) mass is 504 g/mol. The molecule has 0 aliphatic rings. The predicted octanol–water partition coefficient (Wildman–Crippen LogP) is 5.09. The molecule has 1 amide bonds. The number of halogens is 2. The lowest BCUT2D eigenvalue weighted by Gasteiger charge is -2.07. The second-order valence-corrected chi connectivity index (χ2v) is 8.58. The Balaban J connectivity index is 1.33. The van der Waals surface area contributed by atoms with Gasteiger partial charge in [-0.2, -0.15) is 10.2 Å². The number of carbonyl (C=O) groups is 1. The van der Waals surface area contributed by atoms with Gasteiger partial charge >= 0.3 is 0 Å². The van der Waals surface area contributed by atoms with Crippen molar-refractivity contribution in [3.8, 4) is 16.9 Å². The third-order valence-corrected chi connectivity index (χ3v) is 6.15. The van der Waals surface area contributed by atoms with Crippen LogP contribution in [-0.2, 0) is 17.9 Å². The van der Waals surface area contributed by atoms with E-state index in [1.54, 1.807) is 42.4 Å². The van der Waals surface area contributed by atoms with E-state index in [1.807, 2.05) is 37.3 Å². The molecule has 3 heterocycles. The van der Waals surface area contributed by atoms with Gasteiger partial charge in [0, 0.05) is 34.4 Å². The van der Waals surface area contributed by atoms with Crippen molar-refractivity contribution in [2.45, 2.75) is 20.0 Å². The molecule has 5 aromatic rings. The summed E-state index contributed by atoms with van der Waals surface area (Å²) >= 11 is 6.10. The summed E-state index contributed by atoms with van der Waals surface area (Å²) in [6.07, 6.45) is 3.35. The highest BCUT2D eigenvalue weighted by molar-refractivity contribution is 6.31. The molecular weight excluding hydrogens is 483 g/mol. The molecule has 0 aliphatic carbocycles. The van der Waals surface area contributed by atoms with Gasteiger partial charge in [-0.1, -0.05) is 29.8 Å². The number of aromatic nitrogens is 5. The molecule has 5 rings (SSSR count). The van der Waals surface area contributed by atoms with Gasteiger partial charge in [-0.3, -0.25) is 9.48 Å². The maximum Gasteiger partial charge on any atom is 0.247 e. The first-order valence-corrected chi connectivity index (χ1v) is 11.5. The van der Waals surface area contributed by atoms with Crippen molar-refractivity contribution in [2.75, 3.05) is 12.4 Å². The highest BCUT2D eigenvalue weighted by Crippen LogP contribution is 2.31. The van der Waals surface area contributed by atoms with Crippen molar-refractivity contribution in [2.24, 2.45) is 0 Å². The molecule has 0 saturated carbocycles. The van der Waals surface area contributed by atoms with Crippen molar-refractivity contribution < 1.29 is 13.9 Å². The van der Waals surface area contributed by atoms with Gasteiger partial charge in [0.2, 0.25) is 5.91 Å². The lowest BCUT2D eigenvalue weighted by atomic mass is 10.0. The van der Waals surface area contributed by atoms with E-state index >= 15 is 0 Å². The minimum Gasteiger partial charge on any atom is -0.497 e. The third kappa shape index (κ3) is 4.65. The maximum atomic E-state index is 14.1. The van der Waals surface area contributed by atoms with E-state index < -0.39 is 5.82 Å². The van der Waals surface area contributed by atoms with Crippen LogP contribution in [0.4, 0.5) is 10.2 Å². The number of rotatable bonds is 7. The Kier molecular flexibility index (Phi) is 6.39. The average Bonchev–Trinajstić information content (AvgIpc) is 3.45. The summed E-state index contributed by atoms with van der Waals surface area (Å²) in [5.41, 5.74) is 3.67. The molecule has 8 nitrogen and oxygen atoms in total. The van der Waals surface area contributed by atoms with Crippen molar-refractivity contribution in [3.05, 3.63) is 89.1 Å².